The highest BCUT2D eigenvalue weighted by molar-refractivity contribution is 7.10. The fraction of sp³-hybridized carbons (Fsp3) is 0.588. The van der Waals surface area contributed by atoms with E-state index in [0.717, 1.165) is 6.42 Å². The van der Waals surface area contributed by atoms with Gasteiger partial charge < -0.3 is 9.64 Å². The summed E-state index contributed by atoms with van der Waals surface area (Å²) in [6.45, 7) is 3.23. The second kappa shape index (κ2) is 7.44. The SMILES string of the molecule is Cc1ccsc1CCC(=O)N1CCC(N2C(=O)COCC2=O)CC1. The molecule has 0 saturated carbocycles. The Morgan fingerprint density at radius 2 is 1.92 bits per heavy atom. The minimum absolute atomic E-state index is 0.0228. The maximum absolute atomic E-state index is 12.4. The van der Waals surface area contributed by atoms with Crippen molar-refractivity contribution in [3.63, 3.8) is 0 Å². The van der Waals surface area contributed by atoms with Gasteiger partial charge in [0.1, 0.15) is 13.2 Å². The van der Waals surface area contributed by atoms with Crippen molar-refractivity contribution in [2.75, 3.05) is 26.3 Å². The van der Waals surface area contributed by atoms with Gasteiger partial charge in [-0.3, -0.25) is 19.3 Å². The van der Waals surface area contributed by atoms with Crippen LogP contribution in [0.1, 0.15) is 29.7 Å². The highest BCUT2D eigenvalue weighted by Crippen LogP contribution is 2.21. The number of piperidine rings is 1. The summed E-state index contributed by atoms with van der Waals surface area (Å²) >= 11 is 1.69. The molecule has 2 aliphatic heterocycles. The molecule has 0 aliphatic carbocycles. The number of carbonyl (C=O) groups is 3. The van der Waals surface area contributed by atoms with Crippen LogP contribution in [-0.2, 0) is 25.5 Å². The molecule has 7 heteroatoms. The second-order valence-corrected chi connectivity index (χ2v) is 7.29. The zero-order chi connectivity index (χ0) is 17.1. The Morgan fingerprint density at radius 3 is 2.50 bits per heavy atom. The van der Waals surface area contributed by atoms with E-state index in [0.29, 0.717) is 32.4 Å². The van der Waals surface area contributed by atoms with Crippen molar-refractivity contribution in [3.05, 3.63) is 21.9 Å². The molecule has 6 nitrogen and oxygen atoms in total. The Bertz CT molecular complexity index is 618. The molecular formula is C17H22N2O4S. The van der Waals surface area contributed by atoms with Gasteiger partial charge in [-0.2, -0.15) is 0 Å². The van der Waals surface area contributed by atoms with Gasteiger partial charge in [0, 0.05) is 30.4 Å². The average Bonchev–Trinajstić information content (AvgIpc) is 2.98. The Labute approximate surface area is 145 Å². The van der Waals surface area contributed by atoms with Crippen molar-refractivity contribution in [1.82, 2.24) is 9.80 Å². The monoisotopic (exact) mass is 350 g/mol. The third kappa shape index (κ3) is 3.67. The molecule has 0 N–H and O–H groups in total. The molecule has 3 heterocycles. The molecule has 2 aliphatic rings. The first-order valence-corrected chi connectivity index (χ1v) is 9.17. The predicted molar refractivity (Wildman–Crippen MR) is 89.7 cm³/mol. The lowest BCUT2D eigenvalue weighted by atomic mass is 10.0. The van der Waals surface area contributed by atoms with E-state index in [1.807, 2.05) is 4.90 Å². The standard InChI is InChI=1S/C17H22N2O4S/c1-12-6-9-24-14(12)2-3-15(20)18-7-4-13(5-8-18)19-16(21)10-23-11-17(19)22/h6,9,13H,2-5,7-8,10-11H2,1H3. The summed E-state index contributed by atoms with van der Waals surface area (Å²) in [5.74, 6) is -0.366. The smallest absolute Gasteiger partial charge is 0.255 e. The molecule has 0 bridgehead atoms. The van der Waals surface area contributed by atoms with E-state index in [-0.39, 0.29) is 37.0 Å². The molecule has 0 spiro atoms. The average molecular weight is 350 g/mol. The van der Waals surface area contributed by atoms with Crippen LogP contribution in [0.4, 0.5) is 0 Å². The van der Waals surface area contributed by atoms with E-state index in [2.05, 4.69) is 18.4 Å². The fourth-order valence-electron chi connectivity index (χ4n) is 3.32. The maximum atomic E-state index is 12.4. The number of morpholine rings is 1. The van der Waals surface area contributed by atoms with E-state index in [1.165, 1.54) is 15.3 Å². The van der Waals surface area contributed by atoms with Crippen molar-refractivity contribution in [1.29, 1.82) is 0 Å². The molecule has 130 valence electrons. The molecule has 0 atom stereocenters. The lowest BCUT2D eigenvalue weighted by Crippen LogP contribution is -2.55. The van der Waals surface area contributed by atoms with Crippen molar-refractivity contribution in [3.8, 4) is 0 Å². The van der Waals surface area contributed by atoms with Gasteiger partial charge in [0.25, 0.3) is 11.8 Å². The molecule has 1 aromatic heterocycles. The number of ether oxygens (including phenoxy) is 1. The Kier molecular flexibility index (Phi) is 5.30. The largest absolute Gasteiger partial charge is 0.362 e. The van der Waals surface area contributed by atoms with Crippen molar-refractivity contribution in [2.24, 2.45) is 0 Å². The summed E-state index contributed by atoms with van der Waals surface area (Å²) in [6.07, 6.45) is 2.60. The van der Waals surface area contributed by atoms with E-state index in [9.17, 15) is 14.4 Å². The number of imide groups is 1. The lowest BCUT2D eigenvalue weighted by molar-refractivity contribution is -0.162. The van der Waals surface area contributed by atoms with Gasteiger partial charge in [-0.05, 0) is 43.2 Å². The van der Waals surface area contributed by atoms with E-state index >= 15 is 0 Å². The lowest BCUT2D eigenvalue weighted by Gasteiger charge is -2.38. The first-order chi connectivity index (χ1) is 11.6. The van der Waals surface area contributed by atoms with Gasteiger partial charge >= 0.3 is 0 Å². The van der Waals surface area contributed by atoms with Crippen LogP contribution in [0.2, 0.25) is 0 Å². The molecule has 1 aromatic rings. The summed E-state index contributed by atoms with van der Waals surface area (Å²) in [6, 6.07) is 1.98. The number of aryl methyl sites for hydroxylation is 2. The van der Waals surface area contributed by atoms with Gasteiger partial charge in [0.15, 0.2) is 0 Å². The minimum atomic E-state index is -0.260. The van der Waals surface area contributed by atoms with Gasteiger partial charge in [-0.1, -0.05) is 0 Å². The summed E-state index contributed by atoms with van der Waals surface area (Å²) in [5.41, 5.74) is 1.25. The minimum Gasteiger partial charge on any atom is -0.362 e. The van der Waals surface area contributed by atoms with Gasteiger partial charge in [0.2, 0.25) is 5.91 Å². The Morgan fingerprint density at radius 1 is 1.25 bits per heavy atom. The first kappa shape index (κ1) is 17.1. The van der Waals surface area contributed by atoms with Crippen LogP contribution in [-0.4, -0.2) is 59.9 Å². The predicted octanol–water partition coefficient (Wildman–Crippen LogP) is 1.37. The van der Waals surface area contributed by atoms with Crippen molar-refractivity contribution < 1.29 is 19.1 Å². The number of amides is 3. The van der Waals surface area contributed by atoms with Crippen LogP contribution in [0.15, 0.2) is 11.4 Å². The number of rotatable bonds is 4. The topological polar surface area (TPSA) is 66.9 Å². The van der Waals surface area contributed by atoms with Crippen LogP contribution >= 0.6 is 11.3 Å². The molecule has 3 rings (SSSR count). The molecule has 3 amide bonds. The number of hydrogen-bond donors (Lipinski definition) is 0. The van der Waals surface area contributed by atoms with Crippen LogP contribution in [0, 0.1) is 6.92 Å². The zero-order valence-corrected chi connectivity index (χ0v) is 14.6. The number of hydrogen-bond acceptors (Lipinski definition) is 5. The maximum Gasteiger partial charge on any atom is 0.255 e. The van der Waals surface area contributed by atoms with Crippen LogP contribution in [0.3, 0.4) is 0 Å². The van der Waals surface area contributed by atoms with E-state index < -0.39 is 0 Å². The summed E-state index contributed by atoms with van der Waals surface area (Å²) in [5, 5.41) is 2.05. The normalized spacial score (nSPS) is 19.9. The molecule has 0 unspecified atom stereocenters. The number of likely N-dealkylation sites (tertiary alicyclic amines) is 1. The molecule has 0 aromatic carbocycles. The quantitative estimate of drug-likeness (QED) is 0.769. The number of carbonyl (C=O) groups excluding carboxylic acids is 3. The summed E-state index contributed by atoms with van der Waals surface area (Å²) in [7, 11) is 0. The summed E-state index contributed by atoms with van der Waals surface area (Å²) in [4.78, 5) is 40.6. The van der Waals surface area contributed by atoms with Gasteiger partial charge in [-0.25, -0.2) is 0 Å². The number of thiophene rings is 1. The van der Waals surface area contributed by atoms with Gasteiger partial charge in [-0.15, -0.1) is 11.3 Å². The third-order valence-electron chi connectivity index (χ3n) is 4.70. The molecule has 0 radical (unpaired) electrons. The summed E-state index contributed by atoms with van der Waals surface area (Å²) < 4.78 is 4.95. The third-order valence-corrected chi connectivity index (χ3v) is 5.79. The second-order valence-electron chi connectivity index (χ2n) is 6.29. The number of nitrogens with zero attached hydrogens (tertiary/aromatic N) is 2. The highest BCUT2D eigenvalue weighted by Gasteiger charge is 2.35. The molecule has 24 heavy (non-hydrogen) atoms. The van der Waals surface area contributed by atoms with Crippen molar-refractivity contribution >= 4 is 29.1 Å². The highest BCUT2D eigenvalue weighted by atomic mass is 32.1. The van der Waals surface area contributed by atoms with Crippen LogP contribution in [0.25, 0.3) is 0 Å². The van der Waals surface area contributed by atoms with Crippen LogP contribution < -0.4 is 0 Å². The Hall–Kier alpha value is -1.73. The first-order valence-electron chi connectivity index (χ1n) is 8.29. The van der Waals surface area contributed by atoms with Gasteiger partial charge in [0.05, 0.1) is 0 Å². The van der Waals surface area contributed by atoms with Crippen molar-refractivity contribution in [2.45, 2.75) is 38.6 Å². The zero-order valence-electron chi connectivity index (χ0n) is 13.8. The van der Waals surface area contributed by atoms with E-state index in [4.69, 9.17) is 4.74 Å². The van der Waals surface area contributed by atoms with Crippen LogP contribution in [0.5, 0.6) is 0 Å². The molecular weight excluding hydrogens is 328 g/mol. The Balaban J connectivity index is 1.49. The van der Waals surface area contributed by atoms with E-state index in [1.54, 1.807) is 11.3 Å². The molecule has 2 saturated heterocycles. The molecule has 2 fully saturated rings. The fourth-order valence-corrected chi connectivity index (χ4v) is 4.23.